The standard InChI is InChI=1S/C17H19BFNO3.C12H24B2O4.C11H7FINO/c1-16(2)17(3,4)23-18(22-16)12-5-10-15(20-11-12)21-14-8-6-13(19)7-9-14;1-9(2)10(3,4)16-13(15-9)14-17-11(5,6)12(7,8)18-14;12-8-1-4-10(5-2-8)15-11-6-3-9(13)7-14-11/h5-11H,1-4H3;1-8H3;1-7H. The molecule has 4 aromatic rings. The lowest BCUT2D eigenvalue weighted by Crippen LogP contribution is -2.41. The average molecular weight is 884 g/mol. The van der Waals surface area contributed by atoms with Crippen molar-refractivity contribution in [3.05, 3.63) is 100 Å². The summed E-state index contributed by atoms with van der Waals surface area (Å²) < 4.78 is 73.3. The first-order chi connectivity index (χ1) is 25.9. The van der Waals surface area contributed by atoms with E-state index >= 15 is 0 Å². The smallest absolute Gasteiger partial charge is 0.439 e. The maximum absolute atomic E-state index is 12.9. The van der Waals surface area contributed by atoms with E-state index in [4.69, 9.17) is 37.4 Å². The molecule has 298 valence electrons. The normalized spacial score (nSPS) is 20.7. The predicted octanol–water partition coefficient (Wildman–Crippen LogP) is 9.18. The van der Waals surface area contributed by atoms with Gasteiger partial charge < -0.3 is 37.4 Å². The van der Waals surface area contributed by atoms with E-state index < -0.39 is 21.1 Å². The lowest BCUT2D eigenvalue weighted by atomic mass is 9.49. The maximum Gasteiger partial charge on any atom is 0.496 e. The van der Waals surface area contributed by atoms with E-state index in [0.29, 0.717) is 23.3 Å². The first-order valence-electron chi connectivity index (χ1n) is 18.4. The molecule has 3 aliphatic heterocycles. The van der Waals surface area contributed by atoms with Crippen LogP contribution < -0.4 is 14.9 Å². The van der Waals surface area contributed by atoms with Crippen LogP contribution in [0.4, 0.5) is 8.78 Å². The minimum absolute atomic E-state index is 0.280. The number of halogens is 3. The zero-order chi connectivity index (χ0) is 41.3. The summed E-state index contributed by atoms with van der Waals surface area (Å²) in [4.78, 5) is 8.33. The fraction of sp³-hybridized carbons (Fsp3) is 0.450. The van der Waals surface area contributed by atoms with E-state index in [1.165, 1.54) is 24.3 Å². The molecule has 0 amide bonds. The van der Waals surface area contributed by atoms with E-state index in [9.17, 15) is 8.78 Å². The van der Waals surface area contributed by atoms with Gasteiger partial charge in [-0.15, -0.1) is 0 Å². The van der Waals surface area contributed by atoms with Gasteiger partial charge in [-0.1, -0.05) is 6.07 Å². The van der Waals surface area contributed by atoms with Crippen molar-refractivity contribution < 1.29 is 46.2 Å². The first-order valence-corrected chi connectivity index (χ1v) is 19.5. The molecule has 5 heterocycles. The SMILES string of the molecule is CC1(C)OB(B2OC(C)(C)C(C)(C)O2)OC1(C)C.CC1(C)OB(c2ccc(Oc3ccc(F)cc3)nc2)OC1(C)C.Fc1ccc(Oc2ccc(I)cn2)cc1. The summed E-state index contributed by atoms with van der Waals surface area (Å²) in [6.45, 7) is 24.2. The van der Waals surface area contributed by atoms with Gasteiger partial charge in [-0.05, 0) is 160 Å². The lowest BCUT2D eigenvalue weighted by molar-refractivity contribution is 0.00578. The van der Waals surface area contributed by atoms with Gasteiger partial charge in [0.25, 0.3) is 0 Å². The third-order valence-electron chi connectivity index (χ3n) is 10.8. The third-order valence-corrected chi connectivity index (χ3v) is 11.5. The summed E-state index contributed by atoms with van der Waals surface area (Å²) in [7, 11) is -1.40. The highest BCUT2D eigenvalue weighted by Gasteiger charge is 2.63. The molecular formula is C40H50B3F2IN2O8. The number of hydrogen-bond acceptors (Lipinski definition) is 10. The van der Waals surface area contributed by atoms with Crippen LogP contribution in [0.5, 0.6) is 23.3 Å². The minimum atomic E-state index is -0.476. The van der Waals surface area contributed by atoms with Crippen molar-refractivity contribution in [2.75, 3.05) is 0 Å². The third kappa shape index (κ3) is 10.5. The molecule has 2 aromatic heterocycles. The number of benzene rings is 2. The van der Waals surface area contributed by atoms with E-state index in [1.807, 2.05) is 95.2 Å². The van der Waals surface area contributed by atoms with Gasteiger partial charge in [0, 0.05) is 33.6 Å². The zero-order valence-electron chi connectivity index (χ0n) is 34.1. The van der Waals surface area contributed by atoms with Crippen LogP contribution in [-0.4, -0.2) is 64.7 Å². The Morgan fingerprint density at radius 1 is 0.464 bits per heavy atom. The summed E-state index contributed by atoms with van der Waals surface area (Å²) >= 11 is 2.16. The molecule has 0 spiro atoms. The van der Waals surface area contributed by atoms with Crippen molar-refractivity contribution in [2.45, 2.75) is 117 Å². The Bertz CT molecular complexity index is 1790. The fourth-order valence-electron chi connectivity index (χ4n) is 5.24. The van der Waals surface area contributed by atoms with Crippen LogP contribution in [-0.2, 0) is 27.9 Å². The van der Waals surface area contributed by atoms with Crippen molar-refractivity contribution in [1.29, 1.82) is 0 Å². The first kappa shape index (κ1) is 44.0. The summed E-state index contributed by atoms with van der Waals surface area (Å²) in [5, 5.41) is 0. The van der Waals surface area contributed by atoms with Crippen LogP contribution in [0.2, 0.25) is 0 Å². The maximum atomic E-state index is 12.9. The molecule has 0 radical (unpaired) electrons. The van der Waals surface area contributed by atoms with Crippen molar-refractivity contribution >= 4 is 49.2 Å². The van der Waals surface area contributed by atoms with Crippen LogP contribution in [0.15, 0.2) is 85.2 Å². The molecule has 10 nitrogen and oxygen atoms in total. The molecule has 0 saturated carbocycles. The Morgan fingerprint density at radius 3 is 1.12 bits per heavy atom. The second-order valence-electron chi connectivity index (χ2n) is 16.7. The Labute approximate surface area is 344 Å². The topological polar surface area (TPSA) is 99.6 Å². The van der Waals surface area contributed by atoms with Crippen LogP contribution in [0, 0.1) is 15.2 Å². The second-order valence-corrected chi connectivity index (χ2v) is 17.9. The van der Waals surface area contributed by atoms with Crippen LogP contribution >= 0.6 is 22.6 Å². The summed E-state index contributed by atoms with van der Waals surface area (Å²) in [6, 6.07) is 18.9. The van der Waals surface area contributed by atoms with E-state index in [-0.39, 0.29) is 45.2 Å². The molecule has 0 bridgehead atoms. The van der Waals surface area contributed by atoms with Gasteiger partial charge in [0.15, 0.2) is 0 Å². The molecule has 2 aromatic carbocycles. The van der Waals surface area contributed by atoms with Gasteiger partial charge in [0.2, 0.25) is 11.8 Å². The van der Waals surface area contributed by atoms with Crippen molar-refractivity contribution in [3.8, 4) is 23.3 Å². The van der Waals surface area contributed by atoms with Gasteiger partial charge in [-0.2, -0.15) is 0 Å². The molecule has 0 N–H and O–H groups in total. The van der Waals surface area contributed by atoms with E-state index in [1.54, 1.807) is 48.8 Å². The second kappa shape index (κ2) is 16.6. The van der Waals surface area contributed by atoms with Gasteiger partial charge >= 0.3 is 21.1 Å². The molecule has 3 saturated heterocycles. The van der Waals surface area contributed by atoms with Gasteiger partial charge in [-0.3, -0.25) is 0 Å². The van der Waals surface area contributed by atoms with Gasteiger partial charge in [-0.25, -0.2) is 18.7 Å². The molecule has 56 heavy (non-hydrogen) atoms. The molecule has 0 aliphatic carbocycles. The number of hydrogen-bond donors (Lipinski definition) is 0. The number of rotatable bonds is 6. The van der Waals surface area contributed by atoms with Crippen molar-refractivity contribution in [2.24, 2.45) is 0 Å². The largest absolute Gasteiger partial charge is 0.496 e. The average Bonchev–Trinajstić information content (AvgIpc) is 3.58. The predicted molar refractivity (Wildman–Crippen MR) is 222 cm³/mol. The van der Waals surface area contributed by atoms with Crippen LogP contribution in [0.25, 0.3) is 0 Å². The molecule has 0 unspecified atom stereocenters. The number of aromatic nitrogens is 2. The van der Waals surface area contributed by atoms with E-state index in [0.717, 1.165) is 9.03 Å². The van der Waals surface area contributed by atoms with E-state index in [2.05, 4.69) is 32.6 Å². The minimum Gasteiger partial charge on any atom is -0.439 e. The molecule has 16 heteroatoms. The highest BCUT2D eigenvalue weighted by Crippen LogP contribution is 2.43. The summed E-state index contributed by atoms with van der Waals surface area (Å²) in [5.74, 6) is 1.45. The molecule has 3 aliphatic rings. The Morgan fingerprint density at radius 2 is 0.804 bits per heavy atom. The molecule has 3 fully saturated rings. The summed E-state index contributed by atoms with van der Waals surface area (Å²) in [6.07, 6.45) is 3.38. The van der Waals surface area contributed by atoms with Gasteiger partial charge in [0.1, 0.15) is 23.1 Å². The Hall–Kier alpha value is -3.12. The Kier molecular flexibility index (Phi) is 13.1. The number of pyridine rings is 2. The van der Waals surface area contributed by atoms with Crippen LogP contribution in [0.1, 0.15) is 83.1 Å². The highest BCUT2D eigenvalue weighted by molar-refractivity contribution is 14.1. The monoisotopic (exact) mass is 884 g/mol. The van der Waals surface area contributed by atoms with Gasteiger partial charge in [0.05, 0.1) is 33.6 Å². The summed E-state index contributed by atoms with van der Waals surface area (Å²) in [5.41, 5.74) is -1.39. The molecule has 0 atom stereocenters. The Balaban J connectivity index is 0.000000165. The zero-order valence-corrected chi connectivity index (χ0v) is 36.3. The fourth-order valence-corrected chi connectivity index (χ4v) is 5.56. The molecule has 7 rings (SSSR count). The highest BCUT2D eigenvalue weighted by atomic mass is 127. The van der Waals surface area contributed by atoms with Crippen molar-refractivity contribution in [1.82, 2.24) is 9.97 Å². The van der Waals surface area contributed by atoms with Crippen LogP contribution in [0.3, 0.4) is 0 Å². The number of nitrogens with zero attached hydrogens (tertiary/aromatic N) is 2. The number of ether oxygens (including phenoxy) is 2. The quantitative estimate of drug-likeness (QED) is 0.138. The van der Waals surface area contributed by atoms with Crippen molar-refractivity contribution in [3.63, 3.8) is 0 Å². The lowest BCUT2D eigenvalue weighted by Gasteiger charge is -2.32. The molecular weight excluding hydrogens is 834 g/mol.